The van der Waals surface area contributed by atoms with Gasteiger partial charge in [-0.2, -0.15) is 0 Å². The second-order valence-electron chi connectivity index (χ2n) is 3.89. The maximum Gasteiger partial charge on any atom is 0.188 e. The van der Waals surface area contributed by atoms with E-state index in [-0.39, 0.29) is 0 Å². The highest BCUT2D eigenvalue weighted by Gasteiger charge is 2.50. The lowest BCUT2D eigenvalue weighted by Gasteiger charge is -2.04. The lowest BCUT2D eigenvalue weighted by atomic mass is 10.0. The van der Waals surface area contributed by atoms with Gasteiger partial charge in [0.1, 0.15) is 0 Å². The van der Waals surface area contributed by atoms with Crippen molar-refractivity contribution in [1.29, 1.82) is 0 Å². The van der Waals surface area contributed by atoms with Gasteiger partial charge in [0, 0.05) is 13.1 Å². The van der Waals surface area contributed by atoms with Gasteiger partial charge >= 0.3 is 0 Å². The number of rotatable bonds is 1. The van der Waals surface area contributed by atoms with Crippen LogP contribution < -0.4 is 11.1 Å². The summed E-state index contributed by atoms with van der Waals surface area (Å²) in [6, 6.07) is 0.649. The van der Waals surface area contributed by atoms with Crippen LogP contribution in [0.2, 0.25) is 0 Å². The van der Waals surface area contributed by atoms with Gasteiger partial charge in [0.25, 0.3) is 0 Å². The second kappa shape index (κ2) is 2.96. The molecule has 2 aliphatic rings. The van der Waals surface area contributed by atoms with Gasteiger partial charge in [0.05, 0.1) is 0 Å². The minimum atomic E-state index is 0.606. The number of nitrogens with one attached hydrogen (secondary N) is 1. The molecule has 3 N–H and O–H groups in total. The van der Waals surface area contributed by atoms with E-state index < -0.39 is 0 Å². The molecule has 2 aliphatic carbocycles. The predicted octanol–water partition coefficient (Wildman–Crippen LogP) is 0.709. The molecule has 0 aromatic carbocycles. The molecule has 0 aromatic rings. The monoisotopic (exact) mass is 167 g/mol. The number of aliphatic imine (C=N–C) groups is 1. The standard InChI is InChI=1S/C9H17N3/c1-11-9(10)12-8-6-4-2-3-5-7(6)8/h6-8H,2-5H2,1H3,(H3,10,11,12). The first-order valence-corrected chi connectivity index (χ1v) is 4.81. The van der Waals surface area contributed by atoms with Crippen molar-refractivity contribution in [2.24, 2.45) is 22.6 Å². The summed E-state index contributed by atoms with van der Waals surface area (Å²) in [6.45, 7) is 0. The van der Waals surface area contributed by atoms with Crippen LogP contribution >= 0.6 is 0 Å². The molecule has 0 radical (unpaired) electrons. The van der Waals surface area contributed by atoms with Crippen LogP contribution in [0.1, 0.15) is 25.7 Å². The Hall–Kier alpha value is -0.730. The SMILES string of the molecule is CN=C(N)NC1C2CCCCC21. The van der Waals surface area contributed by atoms with E-state index in [4.69, 9.17) is 5.73 Å². The number of nitrogens with two attached hydrogens (primary N) is 1. The fourth-order valence-electron chi connectivity index (χ4n) is 2.44. The average Bonchev–Trinajstić information content (AvgIpc) is 2.80. The lowest BCUT2D eigenvalue weighted by Crippen LogP contribution is -2.34. The molecule has 0 heterocycles. The Bertz CT molecular complexity index is 188. The lowest BCUT2D eigenvalue weighted by molar-refractivity contribution is 0.480. The molecule has 0 aromatic heterocycles. The van der Waals surface area contributed by atoms with Gasteiger partial charge < -0.3 is 11.1 Å². The van der Waals surface area contributed by atoms with E-state index in [1.165, 1.54) is 25.7 Å². The smallest absolute Gasteiger partial charge is 0.188 e. The predicted molar refractivity (Wildman–Crippen MR) is 49.9 cm³/mol. The molecule has 0 amide bonds. The highest BCUT2D eigenvalue weighted by atomic mass is 15.1. The topological polar surface area (TPSA) is 50.4 Å². The normalized spacial score (nSPS) is 40.4. The molecule has 0 saturated heterocycles. The van der Waals surface area contributed by atoms with E-state index in [1.807, 2.05) is 0 Å². The van der Waals surface area contributed by atoms with Crippen molar-refractivity contribution in [2.75, 3.05) is 7.05 Å². The molecule has 12 heavy (non-hydrogen) atoms. The number of hydrogen-bond donors (Lipinski definition) is 2. The molecular formula is C9H17N3. The molecule has 2 saturated carbocycles. The highest BCUT2D eigenvalue weighted by molar-refractivity contribution is 5.78. The summed E-state index contributed by atoms with van der Waals surface area (Å²) < 4.78 is 0. The van der Waals surface area contributed by atoms with Crippen LogP contribution in [-0.4, -0.2) is 19.0 Å². The highest BCUT2D eigenvalue weighted by Crippen LogP contribution is 2.49. The van der Waals surface area contributed by atoms with Crippen LogP contribution in [0.15, 0.2) is 4.99 Å². The van der Waals surface area contributed by atoms with Gasteiger partial charge in [-0.05, 0) is 24.7 Å². The van der Waals surface area contributed by atoms with E-state index in [2.05, 4.69) is 10.3 Å². The molecule has 3 nitrogen and oxygen atoms in total. The summed E-state index contributed by atoms with van der Waals surface area (Å²) in [5.74, 6) is 2.41. The second-order valence-corrected chi connectivity index (χ2v) is 3.89. The van der Waals surface area contributed by atoms with Gasteiger partial charge in [-0.25, -0.2) is 0 Å². The minimum absolute atomic E-state index is 0.606. The summed E-state index contributed by atoms with van der Waals surface area (Å²) in [7, 11) is 1.73. The molecule has 3 heteroatoms. The molecule has 2 atom stereocenters. The third-order valence-corrected chi connectivity index (χ3v) is 3.21. The molecule has 2 rings (SSSR count). The molecular weight excluding hydrogens is 150 g/mol. The molecule has 2 fully saturated rings. The molecule has 2 unspecified atom stereocenters. The van der Waals surface area contributed by atoms with Gasteiger partial charge in [-0.15, -0.1) is 0 Å². The summed E-state index contributed by atoms with van der Waals surface area (Å²) in [5, 5.41) is 3.27. The van der Waals surface area contributed by atoms with E-state index in [1.54, 1.807) is 7.05 Å². The number of hydrogen-bond acceptors (Lipinski definition) is 1. The van der Waals surface area contributed by atoms with Crippen LogP contribution in [0.5, 0.6) is 0 Å². The van der Waals surface area contributed by atoms with Crippen molar-refractivity contribution in [3.63, 3.8) is 0 Å². The number of guanidine groups is 1. The van der Waals surface area contributed by atoms with E-state index in [0.29, 0.717) is 12.0 Å². The van der Waals surface area contributed by atoms with Crippen LogP contribution in [0.25, 0.3) is 0 Å². The first-order chi connectivity index (χ1) is 5.83. The molecule has 0 aliphatic heterocycles. The van der Waals surface area contributed by atoms with Crippen LogP contribution in [0, 0.1) is 11.8 Å². The fraction of sp³-hybridized carbons (Fsp3) is 0.889. The van der Waals surface area contributed by atoms with Crippen molar-refractivity contribution in [2.45, 2.75) is 31.7 Å². The van der Waals surface area contributed by atoms with Crippen LogP contribution in [-0.2, 0) is 0 Å². The Balaban J connectivity index is 1.85. The third-order valence-electron chi connectivity index (χ3n) is 3.21. The zero-order valence-electron chi connectivity index (χ0n) is 7.59. The Morgan fingerprint density at radius 1 is 1.33 bits per heavy atom. The van der Waals surface area contributed by atoms with Crippen molar-refractivity contribution < 1.29 is 0 Å². The summed E-state index contributed by atoms with van der Waals surface area (Å²) >= 11 is 0. The first-order valence-electron chi connectivity index (χ1n) is 4.81. The minimum Gasteiger partial charge on any atom is -0.370 e. The van der Waals surface area contributed by atoms with Crippen molar-refractivity contribution in [3.8, 4) is 0 Å². The quantitative estimate of drug-likeness (QED) is 0.446. The van der Waals surface area contributed by atoms with E-state index in [0.717, 1.165) is 11.8 Å². The van der Waals surface area contributed by atoms with Crippen molar-refractivity contribution in [1.82, 2.24) is 5.32 Å². The zero-order valence-corrected chi connectivity index (χ0v) is 7.59. The van der Waals surface area contributed by atoms with E-state index >= 15 is 0 Å². The fourth-order valence-corrected chi connectivity index (χ4v) is 2.44. The third kappa shape index (κ3) is 1.28. The Kier molecular flexibility index (Phi) is 1.95. The van der Waals surface area contributed by atoms with Crippen LogP contribution in [0.4, 0.5) is 0 Å². The Labute approximate surface area is 73.4 Å². The Morgan fingerprint density at radius 3 is 2.42 bits per heavy atom. The molecule has 68 valence electrons. The van der Waals surface area contributed by atoms with Crippen molar-refractivity contribution >= 4 is 5.96 Å². The van der Waals surface area contributed by atoms with Gasteiger partial charge in [0.15, 0.2) is 5.96 Å². The average molecular weight is 167 g/mol. The molecule has 0 bridgehead atoms. The van der Waals surface area contributed by atoms with Gasteiger partial charge in [0.2, 0.25) is 0 Å². The maximum atomic E-state index is 5.61. The van der Waals surface area contributed by atoms with Gasteiger partial charge in [-0.1, -0.05) is 12.8 Å². The number of fused-ring (bicyclic) bond motifs is 1. The summed E-state index contributed by atoms with van der Waals surface area (Å²) in [6.07, 6.45) is 5.59. The van der Waals surface area contributed by atoms with Gasteiger partial charge in [-0.3, -0.25) is 4.99 Å². The molecule has 0 spiro atoms. The Morgan fingerprint density at radius 2 is 1.92 bits per heavy atom. The zero-order chi connectivity index (χ0) is 8.55. The number of nitrogens with zero attached hydrogens (tertiary/aromatic N) is 1. The maximum absolute atomic E-state index is 5.61. The largest absolute Gasteiger partial charge is 0.370 e. The first kappa shape index (κ1) is 7.90. The van der Waals surface area contributed by atoms with Crippen molar-refractivity contribution in [3.05, 3.63) is 0 Å². The summed E-state index contributed by atoms with van der Waals surface area (Å²) in [5.41, 5.74) is 5.61. The van der Waals surface area contributed by atoms with E-state index in [9.17, 15) is 0 Å². The summed E-state index contributed by atoms with van der Waals surface area (Å²) in [4.78, 5) is 3.91. The van der Waals surface area contributed by atoms with Crippen LogP contribution in [0.3, 0.4) is 0 Å².